The molecule has 0 unspecified atom stereocenters. The number of thioether (sulfide) groups is 1. The van der Waals surface area contributed by atoms with E-state index in [0.717, 1.165) is 17.9 Å². The second kappa shape index (κ2) is 8.49. The molecule has 0 aliphatic carbocycles. The summed E-state index contributed by atoms with van der Waals surface area (Å²) in [7, 11) is 3.19. The number of nitrogens with one attached hydrogen (secondary N) is 1. The van der Waals surface area contributed by atoms with Crippen LogP contribution in [0.3, 0.4) is 0 Å². The second-order valence-electron chi connectivity index (χ2n) is 4.21. The maximum absolute atomic E-state index is 5.24. The Balaban J connectivity index is 1.81. The molecule has 0 spiro atoms. The summed E-state index contributed by atoms with van der Waals surface area (Å²) in [6.07, 6.45) is 1.44. The molecule has 1 aromatic carbocycles. The average Bonchev–Trinajstić information content (AvgIpc) is 2.55. The minimum atomic E-state index is 0.546. The molecule has 0 fully saturated rings. The van der Waals surface area contributed by atoms with E-state index in [2.05, 4.69) is 27.4 Å². The Bertz CT molecular complexity index is 530. The fraction of sp³-hybridized carbons (Fsp3) is 0.333. The number of methoxy groups -OCH3 is 2. The maximum atomic E-state index is 5.24. The SMILES string of the molecule is COc1ncnc(OC)c1CNCCSc1ccccc1. The molecule has 0 amide bonds. The van der Waals surface area contributed by atoms with E-state index in [-0.39, 0.29) is 0 Å². The number of ether oxygens (including phenoxy) is 2. The maximum Gasteiger partial charge on any atom is 0.224 e. The van der Waals surface area contributed by atoms with Crippen LogP contribution in [0.2, 0.25) is 0 Å². The molecule has 5 nitrogen and oxygen atoms in total. The molecule has 1 aromatic heterocycles. The Labute approximate surface area is 129 Å². The summed E-state index contributed by atoms with van der Waals surface area (Å²) in [5, 5.41) is 3.36. The number of nitrogens with zero attached hydrogens (tertiary/aromatic N) is 2. The summed E-state index contributed by atoms with van der Waals surface area (Å²) >= 11 is 1.82. The van der Waals surface area contributed by atoms with Crippen molar-refractivity contribution in [2.45, 2.75) is 11.4 Å². The Morgan fingerprint density at radius 1 is 1.05 bits per heavy atom. The molecule has 21 heavy (non-hydrogen) atoms. The van der Waals surface area contributed by atoms with Crippen LogP contribution >= 0.6 is 11.8 Å². The van der Waals surface area contributed by atoms with E-state index >= 15 is 0 Å². The summed E-state index contributed by atoms with van der Waals surface area (Å²) in [6.45, 7) is 1.49. The summed E-state index contributed by atoms with van der Waals surface area (Å²) in [6, 6.07) is 10.3. The highest BCUT2D eigenvalue weighted by Gasteiger charge is 2.11. The highest BCUT2D eigenvalue weighted by atomic mass is 32.2. The lowest BCUT2D eigenvalue weighted by Gasteiger charge is -2.11. The van der Waals surface area contributed by atoms with Gasteiger partial charge < -0.3 is 14.8 Å². The number of hydrogen-bond donors (Lipinski definition) is 1. The van der Waals surface area contributed by atoms with E-state index in [0.29, 0.717) is 18.3 Å². The third kappa shape index (κ3) is 4.61. The molecule has 0 radical (unpaired) electrons. The minimum absolute atomic E-state index is 0.546. The van der Waals surface area contributed by atoms with Gasteiger partial charge in [-0.3, -0.25) is 0 Å². The van der Waals surface area contributed by atoms with E-state index < -0.39 is 0 Å². The molecule has 112 valence electrons. The summed E-state index contributed by atoms with van der Waals surface area (Å²) in [5.41, 5.74) is 0.840. The van der Waals surface area contributed by atoms with Gasteiger partial charge in [-0.25, -0.2) is 9.97 Å². The molecule has 0 aliphatic rings. The van der Waals surface area contributed by atoms with Crippen molar-refractivity contribution in [3.05, 3.63) is 42.2 Å². The summed E-state index contributed by atoms with van der Waals surface area (Å²) in [4.78, 5) is 9.46. The van der Waals surface area contributed by atoms with Crippen LogP contribution in [0.1, 0.15) is 5.56 Å². The Kier molecular flexibility index (Phi) is 6.30. The van der Waals surface area contributed by atoms with Crippen LogP contribution in [0.4, 0.5) is 0 Å². The lowest BCUT2D eigenvalue weighted by atomic mass is 10.3. The van der Waals surface area contributed by atoms with E-state index in [1.165, 1.54) is 11.2 Å². The monoisotopic (exact) mass is 305 g/mol. The number of aromatic nitrogens is 2. The van der Waals surface area contributed by atoms with Crippen LogP contribution in [0.15, 0.2) is 41.6 Å². The normalized spacial score (nSPS) is 10.4. The first kappa shape index (κ1) is 15.6. The molecule has 1 N–H and O–H groups in total. The van der Waals surface area contributed by atoms with Gasteiger partial charge in [0.1, 0.15) is 6.33 Å². The topological polar surface area (TPSA) is 56.3 Å². The van der Waals surface area contributed by atoms with E-state index in [4.69, 9.17) is 9.47 Å². The van der Waals surface area contributed by atoms with E-state index in [1.54, 1.807) is 14.2 Å². The largest absolute Gasteiger partial charge is 0.481 e. The van der Waals surface area contributed by atoms with Crippen molar-refractivity contribution in [2.24, 2.45) is 0 Å². The molecular formula is C15H19N3O2S. The lowest BCUT2D eigenvalue weighted by Crippen LogP contribution is -2.18. The van der Waals surface area contributed by atoms with Crippen LogP contribution in [0, 0.1) is 0 Å². The zero-order chi connectivity index (χ0) is 14.9. The van der Waals surface area contributed by atoms with Gasteiger partial charge in [0.25, 0.3) is 0 Å². The Morgan fingerprint density at radius 2 is 1.71 bits per heavy atom. The van der Waals surface area contributed by atoms with Gasteiger partial charge in [-0.15, -0.1) is 11.8 Å². The molecule has 2 rings (SSSR count). The van der Waals surface area contributed by atoms with Crippen molar-refractivity contribution >= 4 is 11.8 Å². The van der Waals surface area contributed by atoms with Gasteiger partial charge in [-0.2, -0.15) is 0 Å². The average molecular weight is 305 g/mol. The molecular weight excluding hydrogens is 286 g/mol. The van der Waals surface area contributed by atoms with Crippen molar-refractivity contribution in [1.29, 1.82) is 0 Å². The van der Waals surface area contributed by atoms with E-state index in [9.17, 15) is 0 Å². The quantitative estimate of drug-likeness (QED) is 0.597. The third-order valence-corrected chi connectivity index (χ3v) is 3.86. The van der Waals surface area contributed by atoms with Gasteiger partial charge >= 0.3 is 0 Å². The second-order valence-corrected chi connectivity index (χ2v) is 5.38. The molecule has 1 heterocycles. The Morgan fingerprint density at radius 3 is 2.33 bits per heavy atom. The van der Waals surface area contributed by atoms with Gasteiger partial charge in [-0.1, -0.05) is 18.2 Å². The lowest BCUT2D eigenvalue weighted by molar-refractivity contribution is 0.359. The van der Waals surface area contributed by atoms with Crippen LogP contribution in [0.5, 0.6) is 11.8 Å². The van der Waals surface area contributed by atoms with Crippen LogP contribution in [0.25, 0.3) is 0 Å². The molecule has 0 atom stereocenters. The molecule has 0 aliphatic heterocycles. The van der Waals surface area contributed by atoms with Gasteiger partial charge in [0.15, 0.2) is 0 Å². The first-order chi connectivity index (χ1) is 10.3. The highest BCUT2D eigenvalue weighted by Crippen LogP contribution is 2.23. The van der Waals surface area contributed by atoms with Crippen molar-refractivity contribution in [3.63, 3.8) is 0 Å². The van der Waals surface area contributed by atoms with Gasteiger partial charge in [0.05, 0.1) is 19.8 Å². The fourth-order valence-corrected chi connectivity index (χ4v) is 2.69. The summed E-state index contributed by atoms with van der Waals surface area (Å²) < 4.78 is 10.5. The standard InChI is InChI=1S/C15H19N3O2S/c1-19-14-13(15(20-2)18-11-17-14)10-16-8-9-21-12-6-4-3-5-7-12/h3-7,11,16H,8-10H2,1-2H3. The summed E-state index contributed by atoms with van der Waals surface area (Å²) in [5.74, 6) is 2.08. The third-order valence-electron chi connectivity index (χ3n) is 2.85. The minimum Gasteiger partial charge on any atom is -0.481 e. The van der Waals surface area contributed by atoms with Gasteiger partial charge in [-0.05, 0) is 12.1 Å². The van der Waals surface area contributed by atoms with Crippen molar-refractivity contribution in [3.8, 4) is 11.8 Å². The van der Waals surface area contributed by atoms with Crippen LogP contribution in [-0.4, -0.2) is 36.5 Å². The molecule has 0 saturated heterocycles. The molecule has 2 aromatic rings. The highest BCUT2D eigenvalue weighted by molar-refractivity contribution is 7.99. The van der Waals surface area contributed by atoms with Crippen LogP contribution < -0.4 is 14.8 Å². The zero-order valence-corrected chi connectivity index (χ0v) is 13.0. The molecule has 6 heteroatoms. The molecule has 0 saturated carbocycles. The fourth-order valence-electron chi connectivity index (χ4n) is 1.86. The predicted molar refractivity (Wildman–Crippen MR) is 84.0 cm³/mol. The first-order valence-electron chi connectivity index (χ1n) is 6.65. The Hall–Kier alpha value is -1.79. The number of hydrogen-bond acceptors (Lipinski definition) is 6. The van der Waals surface area contributed by atoms with Gasteiger partial charge in [0.2, 0.25) is 11.8 Å². The van der Waals surface area contributed by atoms with Crippen molar-refractivity contribution in [1.82, 2.24) is 15.3 Å². The van der Waals surface area contributed by atoms with Gasteiger partial charge in [0, 0.05) is 23.7 Å². The first-order valence-corrected chi connectivity index (χ1v) is 7.64. The van der Waals surface area contributed by atoms with E-state index in [1.807, 2.05) is 30.0 Å². The predicted octanol–water partition coefficient (Wildman–Crippen LogP) is 2.38. The smallest absolute Gasteiger partial charge is 0.224 e. The van der Waals surface area contributed by atoms with Crippen molar-refractivity contribution < 1.29 is 9.47 Å². The zero-order valence-electron chi connectivity index (χ0n) is 12.2. The van der Waals surface area contributed by atoms with Crippen LogP contribution in [-0.2, 0) is 6.54 Å². The number of benzene rings is 1. The molecule has 0 bridgehead atoms. The number of rotatable bonds is 8. The van der Waals surface area contributed by atoms with Crippen molar-refractivity contribution in [2.75, 3.05) is 26.5 Å².